The molecule has 4 rings (SSSR count). The van der Waals surface area contributed by atoms with Crippen molar-refractivity contribution in [3.05, 3.63) is 54.6 Å². The summed E-state index contributed by atoms with van der Waals surface area (Å²) in [6.07, 6.45) is -0.0218. The predicted octanol–water partition coefficient (Wildman–Crippen LogP) is 3.06. The summed E-state index contributed by atoms with van der Waals surface area (Å²) in [5.41, 5.74) is 1.49. The molecule has 0 radical (unpaired) electrons. The van der Waals surface area contributed by atoms with E-state index in [0.717, 1.165) is 5.69 Å². The lowest BCUT2D eigenvalue weighted by atomic mass is 9.72. The lowest BCUT2D eigenvalue weighted by Gasteiger charge is -2.28. The molecular formula is C23H24N4O3. The van der Waals surface area contributed by atoms with Crippen molar-refractivity contribution in [2.24, 2.45) is 16.4 Å². The first-order valence-electron chi connectivity index (χ1n) is 9.84. The van der Waals surface area contributed by atoms with Gasteiger partial charge in [0.05, 0.1) is 23.0 Å². The van der Waals surface area contributed by atoms with E-state index in [1.807, 2.05) is 49.3 Å². The lowest BCUT2D eigenvalue weighted by Crippen LogP contribution is -2.46. The van der Waals surface area contributed by atoms with Crippen LogP contribution in [0.3, 0.4) is 0 Å². The third kappa shape index (κ3) is 2.89. The van der Waals surface area contributed by atoms with Crippen molar-refractivity contribution >= 4 is 40.5 Å². The Kier molecular flexibility index (Phi) is 4.68. The van der Waals surface area contributed by atoms with Crippen molar-refractivity contribution in [2.45, 2.75) is 20.3 Å². The molecule has 0 spiro atoms. The van der Waals surface area contributed by atoms with Crippen molar-refractivity contribution in [2.75, 3.05) is 28.9 Å². The fourth-order valence-corrected chi connectivity index (χ4v) is 4.07. The number of anilines is 3. The van der Waals surface area contributed by atoms with E-state index in [4.69, 9.17) is 0 Å². The molecule has 1 saturated heterocycles. The lowest BCUT2D eigenvalue weighted by molar-refractivity contribution is -0.131. The quantitative estimate of drug-likeness (QED) is 0.734. The second-order valence-electron chi connectivity index (χ2n) is 8.08. The number of hydrogen-bond donors (Lipinski definition) is 0. The van der Waals surface area contributed by atoms with Crippen LogP contribution in [-0.2, 0) is 14.4 Å². The number of carbonyl (C=O) groups excluding carboxylic acids is 3. The molecule has 0 bridgehead atoms. The Morgan fingerprint density at radius 1 is 0.967 bits per heavy atom. The second kappa shape index (κ2) is 7.09. The molecule has 0 saturated carbocycles. The van der Waals surface area contributed by atoms with Gasteiger partial charge >= 0.3 is 0 Å². The summed E-state index contributed by atoms with van der Waals surface area (Å²) in [6.45, 7) is 3.46. The van der Waals surface area contributed by atoms with E-state index in [2.05, 4.69) is 5.10 Å². The number of amides is 3. The molecule has 2 aliphatic heterocycles. The molecule has 2 aromatic carbocycles. The van der Waals surface area contributed by atoms with Gasteiger partial charge in [-0.05, 0) is 50.2 Å². The molecule has 2 unspecified atom stereocenters. The van der Waals surface area contributed by atoms with Crippen LogP contribution in [0.25, 0.3) is 0 Å². The number of hydrogen-bond acceptors (Lipinski definition) is 5. The molecule has 30 heavy (non-hydrogen) atoms. The number of para-hydroxylation sites is 1. The molecule has 1 fully saturated rings. The van der Waals surface area contributed by atoms with Crippen LogP contribution in [0.4, 0.5) is 17.1 Å². The number of benzene rings is 2. The monoisotopic (exact) mass is 404 g/mol. The molecule has 3 amide bonds. The van der Waals surface area contributed by atoms with Gasteiger partial charge < -0.3 is 4.90 Å². The molecule has 7 heteroatoms. The first kappa shape index (κ1) is 19.8. The van der Waals surface area contributed by atoms with E-state index in [1.165, 1.54) is 9.91 Å². The topological polar surface area (TPSA) is 73.3 Å². The molecule has 0 N–H and O–H groups in total. The molecule has 0 aromatic heterocycles. The summed E-state index contributed by atoms with van der Waals surface area (Å²) in [4.78, 5) is 42.6. The largest absolute Gasteiger partial charge is 0.378 e. The van der Waals surface area contributed by atoms with E-state index < -0.39 is 11.3 Å². The van der Waals surface area contributed by atoms with Gasteiger partial charge in [0, 0.05) is 26.2 Å². The number of hydrazone groups is 1. The van der Waals surface area contributed by atoms with Gasteiger partial charge in [0.15, 0.2) is 0 Å². The SMILES string of the molecule is CC1=NN(c2ccccc2)C(=O)C1(C)C1CC(=O)N(c2ccc(N(C)C)cc2)C1=O. The highest BCUT2D eigenvalue weighted by Gasteiger charge is 2.58. The molecule has 154 valence electrons. The Hall–Kier alpha value is -3.48. The zero-order valence-corrected chi connectivity index (χ0v) is 17.5. The number of imide groups is 1. The third-order valence-electron chi connectivity index (χ3n) is 6.11. The van der Waals surface area contributed by atoms with Crippen molar-refractivity contribution in [3.8, 4) is 0 Å². The van der Waals surface area contributed by atoms with E-state index in [-0.39, 0.29) is 24.1 Å². The second-order valence-corrected chi connectivity index (χ2v) is 8.08. The van der Waals surface area contributed by atoms with E-state index >= 15 is 0 Å². The van der Waals surface area contributed by atoms with Gasteiger partial charge in [0.25, 0.3) is 5.91 Å². The summed E-state index contributed by atoms with van der Waals surface area (Å²) in [5.74, 6) is -1.74. The molecular weight excluding hydrogens is 380 g/mol. The highest BCUT2D eigenvalue weighted by atomic mass is 16.2. The van der Waals surface area contributed by atoms with Crippen LogP contribution in [0.1, 0.15) is 20.3 Å². The van der Waals surface area contributed by atoms with Crippen molar-refractivity contribution in [1.29, 1.82) is 0 Å². The predicted molar refractivity (Wildman–Crippen MR) is 117 cm³/mol. The maximum absolute atomic E-state index is 13.4. The van der Waals surface area contributed by atoms with Crippen LogP contribution >= 0.6 is 0 Å². The summed E-state index contributed by atoms with van der Waals surface area (Å²) < 4.78 is 0. The standard InChI is InChI=1S/C23H24N4O3/c1-15-23(2,22(30)27(24-15)18-8-6-5-7-9-18)19-14-20(28)26(21(19)29)17-12-10-16(11-13-17)25(3)4/h5-13,19H,14H2,1-4H3. The summed E-state index contributed by atoms with van der Waals surface area (Å²) >= 11 is 0. The maximum Gasteiger partial charge on any atom is 0.259 e. The van der Waals surface area contributed by atoms with Gasteiger partial charge in [-0.25, -0.2) is 0 Å². The van der Waals surface area contributed by atoms with Gasteiger partial charge in [-0.2, -0.15) is 10.1 Å². The average molecular weight is 404 g/mol. The number of carbonyl (C=O) groups is 3. The Bertz CT molecular complexity index is 1050. The molecule has 2 heterocycles. The normalized spacial score (nSPS) is 23.9. The van der Waals surface area contributed by atoms with Crippen LogP contribution < -0.4 is 14.8 Å². The molecule has 2 aliphatic rings. The summed E-state index contributed by atoms with van der Waals surface area (Å²) in [6, 6.07) is 16.3. The smallest absolute Gasteiger partial charge is 0.259 e. The van der Waals surface area contributed by atoms with Gasteiger partial charge in [-0.1, -0.05) is 18.2 Å². The van der Waals surface area contributed by atoms with E-state index in [0.29, 0.717) is 17.1 Å². The Balaban J connectivity index is 1.65. The fourth-order valence-electron chi connectivity index (χ4n) is 4.07. The summed E-state index contributed by atoms with van der Waals surface area (Å²) in [5, 5.41) is 5.77. The Morgan fingerprint density at radius 3 is 2.20 bits per heavy atom. The molecule has 7 nitrogen and oxygen atoms in total. The van der Waals surface area contributed by atoms with Crippen molar-refractivity contribution in [1.82, 2.24) is 0 Å². The zero-order chi connectivity index (χ0) is 21.6. The van der Waals surface area contributed by atoms with E-state index in [9.17, 15) is 14.4 Å². The van der Waals surface area contributed by atoms with Gasteiger partial charge in [-0.3, -0.25) is 19.3 Å². The highest BCUT2D eigenvalue weighted by molar-refractivity contribution is 6.27. The maximum atomic E-state index is 13.4. The number of rotatable bonds is 4. The Morgan fingerprint density at radius 2 is 1.60 bits per heavy atom. The van der Waals surface area contributed by atoms with Crippen LogP contribution in [-0.4, -0.2) is 37.5 Å². The fraction of sp³-hybridized carbons (Fsp3) is 0.304. The van der Waals surface area contributed by atoms with Gasteiger partial charge in [0.2, 0.25) is 11.8 Å². The molecule has 2 atom stereocenters. The Labute approximate surface area is 175 Å². The van der Waals surface area contributed by atoms with Gasteiger partial charge in [0.1, 0.15) is 5.41 Å². The minimum absolute atomic E-state index is 0.0218. The van der Waals surface area contributed by atoms with Crippen LogP contribution in [0.15, 0.2) is 59.7 Å². The summed E-state index contributed by atoms with van der Waals surface area (Å²) in [7, 11) is 3.84. The number of nitrogens with zero attached hydrogens (tertiary/aromatic N) is 4. The molecule has 2 aromatic rings. The average Bonchev–Trinajstić information content (AvgIpc) is 3.17. The highest BCUT2D eigenvalue weighted by Crippen LogP contribution is 2.44. The first-order chi connectivity index (χ1) is 14.2. The minimum atomic E-state index is -1.17. The third-order valence-corrected chi connectivity index (χ3v) is 6.11. The van der Waals surface area contributed by atoms with Crippen molar-refractivity contribution < 1.29 is 14.4 Å². The van der Waals surface area contributed by atoms with Gasteiger partial charge in [-0.15, -0.1) is 0 Å². The first-order valence-corrected chi connectivity index (χ1v) is 9.84. The zero-order valence-electron chi connectivity index (χ0n) is 17.5. The van der Waals surface area contributed by atoms with E-state index in [1.54, 1.807) is 38.1 Å². The molecule has 0 aliphatic carbocycles. The van der Waals surface area contributed by atoms with Crippen LogP contribution in [0.5, 0.6) is 0 Å². The van der Waals surface area contributed by atoms with Crippen molar-refractivity contribution in [3.63, 3.8) is 0 Å². The minimum Gasteiger partial charge on any atom is -0.378 e. The van der Waals surface area contributed by atoms with Crippen LogP contribution in [0.2, 0.25) is 0 Å². The van der Waals surface area contributed by atoms with Crippen LogP contribution in [0, 0.1) is 11.3 Å².